The first-order valence-electron chi connectivity index (χ1n) is 5.50. The van der Waals surface area contributed by atoms with Crippen molar-refractivity contribution in [2.24, 2.45) is 0 Å². The third kappa shape index (κ3) is 9.16. The summed E-state index contributed by atoms with van der Waals surface area (Å²) in [7, 11) is -5.53. The van der Waals surface area contributed by atoms with Crippen LogP contribution < -0.4 is 0 Å². The van der Waals surface area contributed by atoms with E-state index in [1.54, 1.807) is 0 Å². The minimum atomic E-state index is -5.53. The Bertz CT molecular complexity index is 316. The lowest BCUT2D eigenvalue weighted by molar-refractivity contribution is -0.0560. The zero-order chi connectivity index (χ0) is 14.8. The molecule has 0 unspecified atom stereocenters. The molecule has 0 N–H and O–H groups in total. The lowest BCUT2D eigenvalue weighted by Gasteiger charge is -2.08. The van der Waals surface area contributed by atoms with Crippen LogP contribution in [-0.4, -0.2) is 60.2 Å². The van der Waals surface area contributed by atoms with Crippen LogP contribution in [0.5, 0.6) is 0 Å². The van der Waals surface area contributed by atoms with Crippen LogP contribution >= 0.6 is 0 Å². The lowest BCUT2D eigenvalue weighted by Crippen LogP contribution is -2.27. The highest BCUT2D eigenvalue weighted by Gasteiger charge is 2.47. The van der Waals surface area contributed by atoms with Crippen LogP contribution in [0.3, 0.4) is 0 Å². The van der Waals surface area contributed by atoms with Gasteiger partial charge in [0.15, 0.2) is 0 Å². The van der Waals surface area contributed by atoms with Crippen LogP contribution in [0.1, 0.15) is 6.92 Å². The first-order chi connectivity index (χ1) is 8.81. The maximum absolute atomic E-state index is 11.8. The molecule has 0 bridgehead atoms. The molecule has 0 aromatic carbocycles. The van der Waals surface area contributed by atoms with Gasteiger partial charge in [-0.25, -0.2) is 0 Å². The van der Waals surface area contributed by atoms with E-state index in [1.165, 1.54) is 0 Å². The van der Waals surface area contributed by atoms with Gasteiger partial charge in [0.2, 0.25) is 0 Å². The summed E-state index contributed by atoms with van der Waals surface area (Å²) in [6, 6.07) is 0. The first kappa shape index (κ1) is 18.6. The van der Waals surface area contributed by atoms with Gasteiger partial charge in [0.25, 0.3) is 0 Å². The number of halogens is 3. The fourth-order valence-corrected chi connectivity index (χ4v) is 1.27. The lowest BCUT2D eigenvalue weighted by atomic mass is 10.7. The van der Waals surface area contributed by atoms with Crippen LogP contribution in [0.15, 0.2) is 0 Å². The Morgan fingerprint density at radius 2 is 1.26 bits per heavy atom. The van der Waals surface area contributed by atoms with Gasteiger partial charge in [0, 0.05) is 6.61 Å². The molecule has 0 fully saturated rings. The van der Waals surface area contributed by atoms with E-state index in [0.717, 1.165) is 0 Å². The molecule has 0 aliphatic rings. The minimum Gasteiger partial charge on any atom is -0.379 e. The van der Waals surface area contributed by atoms with Gasteiger partial charge < -0.3 is 14.2 Å². The van der Waals surface area contributed by atoms with Gasteiger partial charge in [-0.3, -0.25) is 4.18 Å². The molecule has 116 valence electrons. The van der Waals surface area contributed by atoms with E-state index >= 15 is 0 Å². The van der Waals surface area contributed by atoms with Crippen molar-refractivity contribution in [3.05, 3.63) is 0 Å². The van der Waals surface area contributed by atoms with Gasteiger partial charge >= 0.3 is 15.6 Å². The third-order valence-corrected chi connectivity index (χ3v) is 2.74. The summed E-state index contributed by atoms with van der Waals surface area (Å²) in [5.41, 5.74) is -5.41. The SMILES string of the molecule is CCOCCOCCOCCOS(=O)(=O)C(F)(F)F. The zero-order valence-electron chi connectivity index (χ0n) is 10.4. The molecular formula is C9H17F3O6S. The van der Waals surface area contributed by atoms with Gasteiger partial charge in [-0.1, -0.05) is 0 Å². The van der Waals surface area contributed by atoms with E-state index in [1.807, 2.05) is 6.92 Å². The number of rotatable bonds is 11. The Kier molecular flexibility index (Phi) is 9.27. The van der Waals surface area contributed by atoms with Crippen LogP contribution in [-0.2, 0) is 28.5 Å². The van der Waals surface area contributed by atoms with Crippen molar-refractivity contribution in [3.8, 4) is 0 Å². The van der Waals surface area contributed by atoms with Crippen molar-refractivity contribution < 1.29 is 40.0 Å². The molecule has 0 rings (SSSR count). The summed E-state index contributed by atoms with van der Waals surface area (Å²) >= 11 is 0. The highest BCUT2D eigenvalue weighted by Crippen LogP contribution is 2.24. The Morgan fingerprint density at radius 1 is 0.842 bits per heavy atom. The average Bonchev–Trinajstić information content (AvgIpc) is 2.30. The largest absolute Gasteiger partial charge is 0.523 e. The Balaban J connectivity index is 3.42. The molecule has 0 atom stereocenters. The second kappa shape index (κ2) is 9.48. The molecule has 0 spiro atoms. The van der Waals surface area contributed by atoms with Gasteiger partial charge in [-0.15, -0.1) is 0 Å². The standard InChI is InChI=1S/C9H17F3O6S/c1-2-15-3-4-16-5-6-17-7-8-18-19(13,14)9(10,11)12/h2-8H2,1H3. The van der Waals surface area contributed by atoms with E-state index in [0.29, 0.717) is 19.8 Å². The van der Waals surface area contributed by atoms with Crippen molar-refractivity contribution in [1.29, 1.82) is 0 Å². The molecule has 0 saturated carbocycles. The summed E-state index contributed by atoms with van der Waals surface area (Å²) in [5.74, 6) is 0. The Hall–Kier alpha value is -0.420. The average molecular weight is 310 g/mol. The molecule has 0 aromatic heterocycles. The zero-order valence-corrected chi connectivity index (χ0v) is 11.3. The molecule has 0 saturated heterocycles. The van der Waals surface area contributed by atoms with Crippen molar-refractivity contribution in [2.45, 2.75) is 12.4 Å². The Morgan fingerprint density at radius 3 is 1.68 bits per heavy atom. The number of hydrogen-bond acceptors (Lipinski definition) is 6. The fraction of sp³-hybridized carbons (Fsp3) is 1.00. The molecule has 0 radical (unpaired) electrons. The molecule has 0 heterocycles. The van der Waals surface area contributed by atoms with E-state index in [9.17, 15) is 21.6 Å². The molecule has 6 nitrogen and oxygen atoms in total. The molecular weight excluding hydrogens is 293 g/mol. The second-order valence-electron chi connectivity index (χ2n) is 3.14. The summed E-state index contributed by atoms with van der Waals surface area (Å²) in [6.07, 6.45) is 0. The van der Waals surface area contributed by atoms with Gasteiger partial charge in [-0.2, -0.15) is 21.6 Å². The highest BCUT2D eigenvalue weighted by atomic mass is 32.2. The van der Waals surface area contributed by atoms with Crippen molar-refractivity contribution in [2.75, 3.05) is 46.2 Å². The molecule has 0 amide bonds. The predicted octanol–water partition coefficient (Wildman–Crippen LogP) is 0.922. The van der Waals surface area contributed by atoms with Crippen LogP contribution in [0.25, 0.3) is 0 Å². The maximum atomic E-state index is 11.8. The van der Waals surface area contributed by atoms with E-state index in [2.05, 4.69) is 4.18 Å². The van der Waals surface area contributed by atoms with Crippen LogP contribution in [0, 0.1) is 0 Å². The van der Waals surface area contributed by atoms with Crippen molar-refractivity contribution in [3.63, 3.8) is 0 Å². The summed E-state index contributed by atoms with van der Waals surface area (Å²) in [4.78, 5) is 0. The molecule has 10 heteroatoms. The van der Waals surface area contributed by atoms with Gasteiger partial charge in [0.1, 0.15) is 0 Å². The van der Waals surface area contributed by atoms with Crippen LogP contribution in [0.2, 0.25) is 0 Å². The number of ether oxygens (including phenoxy) is 3. The molecule has 0 aliphatic heterocycles. The molecule has 19 heavy (non-hydrogen) atoms. The van der Waals surface area contributed by atoms with Crippen molar-refractivity contribution >= 4 is 10.1 Å². The highest BCUT2D eigenvalue weighted by molar-refractivity contribution is 7.87. The quantitative estimate of drug-likeness (QED) is 0.321. The van der Waals surface area contributed by atoms with Gasteiger partial charge in [-0.05, 0) is 6.92 Å². The Labute approximate surface area is 109 Å². The summed E-state index contributed by atoms with van der Waals surface area (Å²) < 4.78 is 74.9. The first-order valence-corrected chi connectivity index (χ1v) is 6.91. The minimum absolute atomic E-state index is 0.127. The second-order valence-corrected chi connectivity index (χ2v) is 4.75. The van der Waals surface area contributed by atoms with Crippen molar-refractivity contribution in [1.82, 2.24) is 0 Å². The smallest absolute Gasteiger partial charge is 0.379 e. The third-order valence-electron chi connectivity index (χ3n) is 1.70. The monoisotopic (exact) mass is 310 g/mol. The van der Waals surface area contributed by atoms with Crippen LogP contribution in [0.4, 0.5) is 13.2 Å². The predicted molar refractivity (Wildman–Crippen MR) is 59.1 cm³/mol. The topological polar surface area (TPSA) is 71.1 Å². The summed E-state index contributed by atoms with van der Waals surface area (Å²) in [5, 5.41) is 0. The normalized spacial score (nSPS) is 12.8. The van der Waals surface area contributed by atoms with E-state index < -0.39 is 22.2 Å². The summed E-state index contributed by atoms with van der Waals surface area (Å²) in [6.45, 7) is 2.66. The molecule has 0 aliphatic carbocycles. The number of hydrogen-bond donors (Lipinski definition) is 0. The fourth-order valence-electron chi connectivity index (χ4n) is 0.854. The number of alkyl halides is 3. The van der Waals surface area contributed by atoms with Gasteiger partial charge in [0.05, 0.1) is 39.6 Å². The maximum Gasteiger partial charge on any atom is 0.523 e. The molecule has 0 aromatic rings. The van der Waals surface area contributed by atoms with E-state index in [-0.39, 0.29) is 19.8 Å². The van der Waals surface area contributed by atoms with E-state index in [4.69, 9.17) is 14.2 Å².